The van der Waals surface area contributed by atoms with Gasteiger partial charge in [0.2, 0.25) is 10.0 Å². The quantitative estimate of drug-likeness (QED) is 0.633. The Labute approximate surface area is 90.2 Å². The van der Waals surface area contributed by atoms with Gasteiger partial charge in [0.1, 0.15) is 5.60 Å². The Balaban J connectivity index is 4.15. The van der Waals surface area contributed by atoms with Crippen LogP contribution in [0.25, 0.3) is 0 Å². The van der Waals surface area contributed by atoms with Gasteiger partial charge in [0.15, 0.2) is 0 Å². The zero-order valence-electron chi connectivity index (χ0n) is 9.24. The Kier molecular flexibility index (Phi) is 5.19. The van der Waals surface area contributed by atoms with Crippen LogP contribution in [-0.4, -0.2) is 39.3 Å². The smallest absolute Gasteiger partial charge is 0.251 e. The lowest BCUT2D eigenvalue weighted by Gasteiger charge is -2.25. The molecule has 0 aromatic heterocycles. The summed E-state index contributed by atoms with van der Waals surface area (Å²) in [4.78, 5) is 11.5. The number of ether oxygens (including phenoxy) is 1. The molecule has 6 nitrogen and oxygen atoms in total. The summed E-state index contributed by atoms with van der Waals surface area (Å²) in [6, 6.07) is 0. The van der Waals surface area contributed by atoms with E-state index in [0.717, 1.165) is 0 Å². The predicted octanol–water partition coefficient (Wildman–Crippen LogP) is -0.794. The maximum absolute atomic E-state index is 11.5. The zero-order chi connectivity index (χ0) is 12.1. The minimum atomic E-state index is -3.53. The number of carbonyl (C=O) groups excluding carboxylic acids is 1. The van der Waals surface area contributed by atoms with E-state index in [2.05, 4.69) is 5.32 Å². The van der Waals surface area contributed by atoms with Crippen molar-refractivity contribution in [2.24, 2.45) is 5.14 Å². The maximum Gasteiger partial charge on any atom is 0.251 e. The molecule has 3 N–H and O–H groups in total. The number of amides is 1. The van der Waals surface area contributed by atoms with Crippen molar-refractivity contribution in [3.05, 3.63) is 0 Å². The SMILES string of the molecule is CCC(C)(OC)C(=O)NCCS(N)(=O)=O. The highest BCUT2D eigenvalue weighted by atomic mass is 32.2. The van der Waals surface area contributed by atoms with E-state index in [9.17, 15) is 13.2 Å². The summed E-state index contributed by atoms with van der Waals surface area (Å²) >= 11 is 0. The fourth-order valence-corrected chi connectivity index (χ4v) is 1.28. The summed E-state index contributed by atoms with van der Waals surface area (Å²) in [6.45, 7) is 3.44. The molecule has 0 aliphatic carbocycles. The third kappa shape index (κ3) is 5.10. The molecule has 1 amide bonds. The van der Waals surface area contributed by atoms with Gasteiger partial charge in [0.25, 0.3) is 5.91 Å². The third-order valence-electron chi connectivity index (χ3n) is 2.28. The molecule has 0 aromatic rings. The molecule has 15 heavy (non-hydrogen) atoms. The lowest BCUT2D eigenvalue weighted by Crippen LogP contribution is -2.47. The first-order chi connectivity index (χ1) is 6.75. The molecule has 0 rings (SSSR count). The van der Waals surface area contributed by atoms with Crippen molar-refractivity contribution >= 4 is 15.9 Å². The summed E-state index contributed by atoms with van der Waals surface area (Å²) in [5, 5.41) is 7.24. The fraction of sp³-hybridized carbons (Fsp3) is 0.875. The van der Waals surface area contributed by atoms with Crippen molar-refractivity contribution in [3.8, 4) is 0 Å². The number of hydrogen-bond donors (Lipinski definition) is 2. The van der Waals surface area contributed by atoms with Gasteiger partial charge in [0, 0.05) is 13.7 Å². The molecule has 0 heterocycles. The van der Waals surface area contributed by atoms with Gasteiger partial charge >= 0.3 is 0 Å². The predicted molar refractivity (Wildman–Crippen MR) is 56.7 cm³/mol. The van der Waals surface area contributed by atoms with Crippen LogP contribution in [0.15, 0.2) is 0 Å². The van der Waals surface area contributed by atoms with Crippen LogP contribution in [0.1, 0.15) is 20.3 Å². The first kappa shape index (κ1) is 14.3. The van der Waals surface area contributed by atoms with E-state index in [1.807, 2.05) is 6.92 Å². The fourth-order valence-electron chi connectivity index (χ4n) is 0.891. The van der Waals surface area contributed by atoms with E-state index in [4.69, 9.17) is 9.88 Å². The summed E-state index contributed by atoms with van der Waals surface area (Å²) < 4.78 is 26.2. The molecule has 0 aromatic carbocycles. The van der Waals surface area contributed by atoms with Crippen molar-refractivity contribution in [1.29, 1.82) is 0 Å². The second-order valence-corrected chi connectivity index (χ2v) is 5.15. The number of nitrogens with one attached hydrogen (secondary N) is 1. The molecule has 0 radical (unpaired) electrons. The van der Waals surface area contributed by atoms with Gasteiger partial charge in [-0.15, -0.1) is 0 Å². The number of sulfonamides is 1. The standard InChI is InChI=1S/C8H18N2O4S/c1-4-8(2,14-3)7(11)10-5-6-15(9,12)13/h4-6H2,1-3H3,(H,10,11)(H2,9,12,13). The number of hydrogen-bond acceptors (Lipinski definition) is 4. The van der Waals surface area contributed by atoms with Gasteiger partial charge in [-0.1, -0.05) is 6.92 Å². The average molecular weight is 238 g/mol. The van der Waals surface area contributed by atoms with Crippen LogP contribution in [-0.2, 0) is 19.6 Å². The van der Waals surface area contributed by atoms with Crippen LogP contribution in [0.2, 0.25) is 0 Å². The molecule has 0 spiro atoms. The maximum atomic E-state index is 11.5. The normalized spacial score (nSPS) is 15.7. The largest absolute Gasteiger partial charge is 0.369 e. The highest BCUT2D eigenvalue weighted by Crippen LogP contribution is 2.13. The third-order valence-corrected chi connectivity index (χ3v) is 3.05. The molecule has 1 unspecified atom stereocenters. The Morgan fingerprint density at radius 2 is 2.07 bits per heavy atom. The average Bonchev–Trinajstić information content (AvgIpc) is 2.14. The first-order valence-electron chi connectivity index (χ1n) is 4.59. The first-order valence-corrected chi connectivity index (χ1v) is 6.30. The van der Waals surface area contributed by atoms with Gasteiger partial charge in [-0.25, -0.2) is 13.6 Å². The second kappa shape index (κ2) is 5.43. The lowest BCUT2D eigenvalue weighted by atomic mass is 10.0. The Morgan fingerprint density at radius 3 is 2.40 bits per heavy atom. The van der Waals surface area contributed by atoms with Crippen molar-refractivity contribution in [2.75, 3.05) is 19.4 Å². The van der Waals surface area contributed by atoms with Crippen molar-refractivity contribution < 1.29 is 17.9 Å². The molecule has 0 aliphatic rings. The molecule has 0 bridgehead atoms. The number of primary sulfonamides is 1. The minimum Gasteiger partial charge on any atom is -0.369 e. The molecule has 0 saturated carbocycles. The number of rotatable bonds is 6. The van der Waals surface area contributed by atoms with Crippen LogP contribution in [0.5, 0.6) is 0 Å². The van der Waals surface area contributed by atoms with Crippen LogP contribution in [0.3, 0.4) is 0 Å². The Bertz CT molecular complexity index is 309. The van der Waals surface area contributed by atoms with Crippen LogP contribution in [0, 0.1) is 0 Å². The summed E-state index contributed by atoms with van der Waals surface area (Å²) in [7, 11) is -2.10. The monoisotopic (exact) mass is 238 g/mol. The number of methoxy groups -OCH3 is 1. The van der Waals surface area contributed by atoms with Gasteiger partial charge < -0.3 is 10.1 Å². The van der Waals surface area contributed by atoms with E-state index in [1.54, 1.807) is 6.92 Å². The molecular formula is C8H18N2O4S. The van der Waals surface area contributed by atoms with E-state index in [1.165, 1.54) is 7.11 Å². The van der Waals surface area contributed by atoms with Crippen LogP contribution in [0.4, 0.5) is 0 Å². The lowest BCUT2D eigenvalue weighted by molar-refractivity contribution is -0.141. The Morgan fingerprint density at radius 1 is 1.53 bits per heavy atom. The van der Waals surface area contributed by atoms with E-state index < -0.39 is 15.6 Å². The van der Waals surface area contributed by atoms with Crippen LogP contribution >= 0.6 is 0 Å². The number of carbonyl (C=O) groups is 1. The van der Waals surface area contributed by atoms with E-state index >= 15 is 0 Å². The highest BCUT2D eigenvalue weighted by Gasteiger charge is 2.30. The molecule has 0 saturated heterocycles. The van der Waals surface area contributed by atoms with Crippen molar-refractivity contribution in [1.82, 2.24) is 5.32 Å². The molecule has 0 fully saturated rings. The van der Waals surface area contributed by atoms with Gasteiger partial charge in [-0.2, -0.15) is 0 Å². The van der Waals surface area contributed by atoms with E-state index in [-0.39, 0.29) is 18.2 Å². The van der Waals surface area contributed by atoms with Crippen molar-refractivity contribution in [2.45, 2.75) is 25.9 Å². The van der Waals surface area contributed by atoms with Gasteiger partial charge in [-0.3, -0.25) is 4.79 Å². The van der Waals surface area contributed by atoms with E-state index in [0.29, 0.717) is 6.42 Å². The minimum absolute atomic E-state index is 0.00336. The van der Waals surface area contributed by atoms with Crippen molar-refractivity contribution in [3.63, 3.8) is 0 Å². The van der Waals surface area contributed by atoms with Gasteiger partial charge in [0.05, 0.1) is 5.75 Å². The molecule has 0 aliphatic heterocycles. The molecule has 7 heteroatoms. The van der Waals surface area contributed by atoms with Crippen LogP contribution < -0.4 is 10.5 Å². The molecule has 1 atom stereocenters. The summed E-state index contributed by atoms with van der Waals surface area (Å²) in [5.41, 5.74) is -0.918. The topological polar surface area (TPSA) is 98.5 Å². The molecular weight excluding hydrogens is 220 g/mol. The molecule has 90 valence electrons. The summed E-state index contributed by atoms with van der Waals surface area (Å²) in [5.74, 6) is -0.612. The van der Waals surface area contributed by atoms with Gasteiger partial charge in [-0.05, 0) is 13.3 Å². The highest BCUT2D eigenvalue weighted by molar-refractivity contribution is 7.89. The summed E-state index contributed by atoms with van der Waals surface area (Å²) in [6.07, 6.45) is 0.505. The zero-order valence-corrected chi connectivity index (χ0v) is 10.1. The number of nitrogens with two attached hydrogens (primary N) is 1. The Hall–Kier alpha value is -0.660. The second-order valence-electron chi connectivity index (χ2n) is 3.41.